The summed E-state index contributed by atoms with van der Waals surface area (Å²) in [5.41, 5.74) is 7.30. The minimum absolute atomic E-state index is 0.107. The summed E-state index contributed by atoms with van der Waals surface area (Å²) in [7, 11) is 0. The van der Waals surface area contributed by atoms with E-state index in [1.54, 1.807) is 0 Å². The molecule has 19 heavy (non-hydrogen) atoms. The van der Waals surface area contributed by atoms with Crippen molar-refractivity contribution < 1.29 is 9.73 Å². The van der Waals surface area contributed by atoms with Gasteiger partial charge in [-0.15, -0.1) is 0 Å². The van der Waals surface area contributed by atoms with E-state index in [9.17, 15) is 0 Å². The van der Waals surface area contributed by atoms with Gasteiger partial charge < -0.3 is 20.8 Å². The van der Waals surface area contributed by atoms with Gasteiger partial charge >= 0.3 is 0 Å². The molecule has 2 rings (SSSR count). The van der Waals surface area contributed by atoms with Gasteiger partial charge in [-0.1, -0.05) is 34.6 Å². The maximum atomic E-state index is 8.72. The highest BCUT2D eigenvalue weighted by Gasteiger charge is 2.05. The quantitative estimate of drug-likeness (QED) is 0.229. The second-order valence-corrected chi connectivity index (χ2v) is 3.92. The zero-order chi connectivity index (χ0) is 13.5. The molecule has 7 heteroatoms. The van der Waals surface area contributed by atoms with E-state index in [0.717, 1.165) is 11.1 Å². The van der Waals surface area contributed by atoms with Crippen LogP contribution in [0.3, 0.4) is 0 Å². The number of nitrogens with one attached hydrogen (secondary N) is 1. The molecule has 0 spiro atoms. The first-order valence-electron chi connectivity index (χ1n) is 5.83. The first kappa shape index (κ1) is 13.0. The van der Waals surface area contributed by atoms with E-state index in [1.807, 2.05) is 24.3 Å². The third-order valence-corrected chi connectivity index (χ3v) is 2.65. The van der Waals surface area contributed by atoms with E-state index in [1.165, 1.54) is 6.39 Å². The molecule has 0 radical (unpaired) electrons. The highest BCUT2D eigenvalue weighted by atomic mass is 16.5. The highest BCUT2D eigenvalue weighted by Crippen LogP contribution is 2.08. The van der Waals surface area contributed by atoms with Crippen LogP contribution >= 0.6 is 0 Å². The lowest BCUT2D eigenvalue weighted by Gasteiger charge is -2.08. The van der Waals surface area contributed by atoms with Gasteiger partial charge in [0.1, 0.15) is 0 Å². The van der Waals surface area contributed by atoms with E-state index >= 15 is 0 Å². The van der Waals surface area contributed by atoms with Crippen molar-refractivity contribution in [2.75, 3.05) is 6.54 Å². The van der Waals surface area contributed by atoms with Crippen molar-refractivity contribution in [3.63, 3.8) is 0 Å². The summed E-state index contributed by atoms with van der Waals surface area (Å²) in [6.07, 6.45) is 1.99. The summed E-state index contributed by atoms with van der Waals surface area (Å²) >= 11 is 0. The number of aromatic nitrogens is 2. The Kier molecular flexibility index (Phi) is 4.46. The Morgan fingerprint density at radius 1 is 1.42 bits per heavy atom. The number of benzene rings is 1. The van der Waals surface area contributed by atoms with Crippen LogP contribution in [0.5, 0.6) is 0 Å². The molecule has 0 bridgehead atoms. The lowest BCUT2D eigenvalue weighted by Crippen LogP contribution is -2.21. The third-order valence-electron chi connectivity index (χ3n) is 2.65. The Balaban J connectivity index is 1.89. The van der Waals surface area contributed by atoms with E-state index < -0.39 is 0 Å². The molecule has 0 aliphatic carbocycles. The average Bonchev–Trinajstić information content (AvgIpc) is 2.96. The molecule has 1 heterocycles. The van der Waals surface area contributed by atoms with Gasteiger partial charge in [-0.3, -0.25) is 0 Å². The maximum absolute atomic E-state index is 8.72. The molecule has 4 N–H and O–H groups in total. The van der Waals surface area contributed by atoms with Crippen LogP contribution in [0.1, 0.15) is 17.0 Å². The molecule has 0 amide bonds. The maximum Gasteiger partial charge on any atom is 0.213 e. The van der Waals surface area contributed by atoms with Gasteiger partial charge in [0, 0.05) is 25.1 Å². The molecule has 2 aromatic rings. The molecule has 0 aliphatic heterocycles. The molecule has 7 nitrogen and oxygen atoms in total. The van der Waals surface area contributed by atoms with Crippen LogP contribution in [0, 0.1) is 0 Å². The van der Waals surface area contributed by atoms with E-state index in [2.05, 4.69) is 25.1 Å². The predicted molar refractivity (Wildman–Crippen MR) is 68.7 cm³/mol. The lowest BCUT2D eigenvalue weighted by atomic mass is 10.1. The van der Waals surface area contributed by atoms with Crippen LogP contribution in [0.25, 0.3) is 0 Å². The van der Waals surface area contributed by atoms with Crippen molar-refractivity contribution >= 4 is 5.84 Å². The van der Waals surface area contributed by atoms with E-state index in [0.29, 0.717) is 25.3 Å². The van der Waals surface area contributed by atoms with Gasteiger partial charge in [0.25, 0.3) is 0 Å². The molecular formula is C12H15N5O2. The second-order valence-electron chi connectivity index (χ2n) is 3.92. The Morgan fingerprint density at radius 3 is 3.00 bits per heavy atom. The number of rotatable bonds is 6. The van der Waals surface area contributed by atoms with Crippen molar-refractivity contribution in [3.8, 4) is 0 Å². The number of oxime groups is 1. The van der Waals surface area contributed by atoms with Crippen molar-refractivity contribution in [2.45, 2.75) is 13.0 Å². The number of nitrogens with two attached hydrogens (primary N) is 1. The van der Waals surface area contributed by atoms with Gasteiger partial charge in [0.2, 0.25) is 6.39 Å². The fourth-order valence-corrected chi connectivity index (χ4v) is 1.70. The average molecular weight is 261 g/mol. The second kappa shape index (κ2) is 6.50. The molecule has 0 atom stereocenters. The molecule has 100 valence electrons. The smallest absolute Gasteiger partial charge is 0.213 e. The minimum atomic E-state index is 0.107. The lowest BCUT2D eigenvalue weighted by molar-refractivity contribution is 0.318. The standard InChI is InChI=1S/C12H15N5O2/c13-12(16-18)10-4-2-1-3-9(10)7-14-6-5-11-15-8-19-17-11/h1-4,8,14,18H,5-7H2,(H2,13,16). The summed E-state index contributed by atoms with van der Waals surface area (Å²) in [6.45, 7) is 1.33. The minimum Gasteiger partial charge on any atom is -0.409 e. The highest BCUT2D eigenvalue weighted by molar-refractivity contribution is 5.98. The van der Waals surface area contributed by atoms with Gasteiger partial charge in [0.15, 0.2) is 11.7 Å². The van der Waals surface area contributed by atoms with Crippen LogP contribution in [0.2, 0.25) is 0 Å². The van der Waals surface area contributed by atoms with Crippen LogP contribution in [-0.4, -0.2) is 27.7 Å². The van der Waals surface area contributed by atoms with Crippen LogP contribution in [-0.2, 0) is 13.0 Å². The fraction of sp³-hybridized carbons (Fsp3) is 0.250. The van der Waals surface area contributed by atoms with Gasteiger partial charge in [-0.05, 0) is 5.56 Å². The molecule has 0 fully saturated rings. The van der Waals surface area contributed by atoms with Crippen molar-refractivity contribution in [2.24, 2.45) is 10.9 Å². The largest absolute Gasteiger partial charge is 0.409 e. The van der Waals surface area contributed by atoms with Crippen LogP contribution in [0.15, 0.2) is 40.3 Å². The first-order valence-corrected chi connectivity index (χ1v) is 5.83. The zero-order valence-corrected chi connectivity index (χ0v) is 10.3. The third kappa shape index (κ3) is 3.52. The topological polar surface area (TPSA) is 110 Å². The summed E-state index contributed by atoms with van der Waals surface area (Å²) in [5.74, 6) is 0.771. The van der Waals surface area contributed by atoms with Crippen molar-refractivity contribution in [3.05, 3.63) is 47.6 Å². The number of hydrogen-bond acceptors (Lipinski definition) is 6. The Bertz CT molecular complexity index is 539. The monoisotopic (exact) mass is 261 g/mol. The summed E-state index contributed by atoms with van der Waals surface area (Å²) in [6, 6.07) is 7.49. The molecule has 1 aromatic heterocycles. The Morgan fingerprint density at radius 2 is 2.26 bits per heavy atom. The fourth-order valence-electron chi connectivity index (χ4n) is 1.70. The molecule has 1 aromatic carbocycles. The van der Waals surface area contributed by atoms with Gasteiger partial charge in [-0.2, -0.15) is 4.98 Å². The molecular weight excluding hydrogens is 246 g/mol. The molecule has 0 unspecified atom stereocenters. The summed E-state index contributed by atoms with van der Waals surface area (Å²) in [4.78, 5) is 3.93. The van der Waals surface area contributed by atoms with E-state index in [-0.39, 0.29) is 5.84 Å². The Hall–Kier alpha value is -2.41. The number of nitrogens with zero attached hydrogens (tertiary/aromatic N) is 3. The van der Waals surface area contributed by atoms with Gasteiger partial charge in [0.05, 0.1) is 0 Å². The van der Waals surface area contributed by atoms with Gasteiger partial charge in [-0.25, -0.2) is 0 Å². The molecule has 0 saturated carbocycles. The van der Waals surface area contributed by atoms with Crippen LogP contribution in [0.4, 0.5) is 0 Å². The van der Waals surface area contributed by atoms with Crippen molar-refractivity contribution in [1.82, 2.24) is 15.5 Å². The van der Waals surface area contributed by atoms with Crippen LogP contribution < -0.4 is 11.1 Å². The molecule has 0 saturated heterocycles. The summed E-state index contributed by atoms with van der Waals surface area (Å²) in [5, 5.41) is 18.7. The first-order chi connectivity index (χ1) is 9.31. The molecule has 0 aliphatic rings. The number of amidine groups is 1. The Labute approximate surface area is 110 Å². The number of hydrogen-bond donors (Lipinski definition) is 3. The predicted octanol–water partition coefficient (Wildman–Crippen LogP) is 0.496. The van der Waals surface area contributed by atoms with Crippen molar-refractivity contribution in [1.29, 1.82) is 0 Å². The summed E-state index contributed by atoms with van der Waals surface area (Å²) < 4.78 is 4.65. The van der Waals surface area contributed by atoms with E-state index in [4.69, 9.17) is 10.9 Å². The zero-order valence-electron chi connectivity index (χ0n) is 10.3. The SMILES string of the molecule is N/C(=N/O)c1ccccc1CNCCc1ncon1. The normalized spacial score (nSPS) is 11.7.